The SMILES string of the molecule is O=C1NC2(CCCCC2)C(=O)N1Cc1ccc(F)cc1Cl. The normalized spacial score (nSPS) is 21.0. The first-order valence-electron chi connectivity index (χ1n) is 7.10. The molecule has 1 aromatic rings. The van der Waals surface area contributed by atoms with Gasteiger partial charge in [-0.2, -0.15) is 0 Å². The first kappa shape index (κ1) is 14.3. The number of halogens is 2. The van der Waals surface area contributed by atoms with Crippen LogP contribution in [0.25, 0.3) is 0 Å². The molecule has 2 aliphatic rings. The third-order valence-corrected chi connectivity index (χ3v) is 4.65. The van der Waals surface area contributed by atoms with Crippen LogP contribution in [0.1, 0.15) is 37.7 Å². The Labute approximate surface area is 127 Å². The van der Waals surface area contributed by atoms with E-state index in [0.717, 1.165) is 19.3 Å². The monoisotopic (exact) mass is 310 g/mol. The van der Waals surface area contributed by atoms with Crippen LogP contribution < -0.4 is 5.32 Å². The predicted molar refractivity (Wildman–Crippen MR) is 76.3 cm³/mol. The summed E-state index contributed by atoms with van der Waals surface area (Å²) in [5, 5.41) is 3.06. The molecule has 21 heavy (non-hydrogen) atoms. The highest BCUT2D eigenvalue weighted by Gasteiger charge is 2.51. The van der Waals surface area contributed by atoms with Gasteiger partial charge in [-0.1, -0.05) is 36.9 Å². The number of nitrogens with zero attached hydrogens (tertiary/aromatic N) is 1. The Kier molecular flexibility index (Phi) is 3.61. The maximum absolute atomic E-state index is 13.1. The fraction of sp³-hybridized carbons (Fsp3) is 0.467. The number of amides is 3. The van der Waals surface area contributed by atoms with E-state index in [-0.39, 0.29) is 23.5 Å². The van der Waals surface area contributed by atoms with Gasteiger partial charge in [-0.15, -0.1) is 0 Å². The number of nitrogens with one attached hydrogen (secondary N) is 1. The molecule has 1 spiro atoms. The van der Waals surface area contributed by atoms with Crippen molar-refractivity contribution in [1.29, 1.82) is 0 Å². The number of carbonyl (C=O) groups excluding carboxylic acids is 2. The lowest BCUT2D eigenvalue weighted by Crippen LogP contribution is -2.48. The van der Waals surface area contributed by atoms with E-state index in [1.165, 1.54) is 23.1 Å². The van der Waals surface area contributed by atoms with Crippen molar-refractivity contribution in [3.63, 3.8) is 0 Å². The largest absolute Gasteiger partial charge is 0.325 e. The molecule has 112 valence electrons. The molecule has 1 N–H and O–H groups in total. The van der Waals surface area contributed by atoms with Crippen LogP contribution in [0.5, 0.6) is 0 Å². The van der Waals surface area contributed by atoms with Gasteiger partial charge >= 0.3 is 6.03 Å². The Balaban J connectivity index is 1.82. The Morgan fingerprint density at radius 1 is 1.24 bits per heavy atom. The number of rotatable bonds is 2. The summed E-state index contributed by atoms with van der Waals surface area (Å²) in [7, 11) is 0. The van der Waals surface area contributed by atoms with Gasteiger partial charge in [0.25, 0.3) is 5.91 Å². The molecule has 3 amide bonds. The Hall–Kier alpha value is -1.62. The van der Waals surface area contributed by atoms with Gasteiger partial charge in [-0.25, -0.2) is 9.18 Å². The molecule has 2 fully saturated rings. The molecule has 1 saturated heterocycles. The minimum Gasteiger partial charge on any atom is -0.323 e. The molecule has 3 rings (SSSR count). The summed E-state index contributed by atoms with van der Waals surface area (Å²) < 4.78 is 13.1. The van der Waals surface area contributed by atoms with E-state index in [1.54, 1.807) is 0 Å². The van der Waals surface area contributed by atoms with Gasteiger partial charge in [-0.05, 0) is 30.5 Å². The van der Waals surface area contributed by atoms with Crippen molar-refractivity contribution in [2.75, 3.05) is 0 Å². The molecule has 1 saturated carbocycles. The molecule has 0 atom stereocenters. The quantitative estimate of drug-likeness (QED) is 0.853. The van der Waals surface area contributed by atoms with Gasteiger partial charge in [-0.3, -0.25) is 9.69 Å². The van der Waals surface area contributed by atoms with Crippen molar-refractivity contribution in [2.24, 2.45) is 0 Å². The highest BCUT2D eigenvalue weighted by Crippen LogP contribution is 2.34. The maximum atomic E-state index is 13.1. The number of imide groups is 1. The van der Waals surface area contributed by atoms with E-state index in [0.29, 0.717) is 18.4 Å². The van der Waals surface area contributed by atoms with Crippen molar-refractivity contribution in [3.8, 4) is 0 Å². The third-order valence-electron chi connectivity index (χ3n) is 4.30. The standard InChI is InChI=1S/C15H16ClFN2O2/c16-12-8-11(17)5-4-10(12)9-19-13(20)15(18-14(19)21)6-2-1-3-7-15/h4-5,8H,1-3,6-7,9H2,(H,18,21). The predicted octanol–water partition coefficient (Wildman–Crippen LogP) is 3.23. The number of hydrogen-bond acceptors (Lipinski definition) is 2. The summed E-state index contributed by atoms with van der Waals surface area (Å²) in [4.78, 5) is 25.9. The maximum Gasteiger partial charge on any atom is 0.325 e. The van der Waals surface area contributed by atoms with Crippen molar-refractivity contribution in [2.45, 2.75) is 44.2 Å². The number of hydrogen-bond donors (Lipinski definition) is 1. The summed E-state index contributed by atoms with van der Waals surface area (Å²) in [6.07, 6.45) is 4.35. The Morgan fingerprint density at radius 3 is 2.62 bits per heavy atom. The van der Waals surface area contributed by atoms with Gasteiger partial charge in [0, 0.05) is 5.02 Å². The zero-order valence-electron chi connectivity index (χ0n) is 11.5. The van der Waals surface area contributed by atoms with Crippen molar-refractivity contribution >= 4 is 23.5 Å². The van der Waals surface area contributed by atoms with E-state index < -0.39 is 11.4 Å². The summed E-state index contributed by atoms with van der Waals surface area (Å²) in [5.41, 5.74) is -0.170. The molecule has 4 nitrogen and oxygen atoms in total. The molecule has 1 heterocycles. The molecular weight excluding hydrogens is 295 g/mol. The lowest BCUT2D eigenvalue weighted by Gasteiger charge is -2.30. The molecule has 0 aromatic heterocycles. The second kappa shape index (κ2) is 5.30. The van der Waals surface area contributed by atoms with Crippen LogP contribution in [-0.4, -0.2) is 22.4 Å². The average molecular weight is 311 g/mol. The van der Waals surface area contributed by atoms with Crippen LogP contribution in [0, 0.1) is 5.82 Å². The molecule has 1 aliphatic heterocycles. The fourth-order valence-electron chi connectivity index (χ4n) is 3.13. The number of benzene rings is 1. The van der Waals surface area contributed by atoms with E-state index in [4.69, 9.17) is 11.6 Å². The summed E-state index contributed by atoms with van der Waals surface area (Å²) in [6, 6.07) is 3.58. The van der Waals surface area contributed by atoms with Gasteiger partial charge in [0.05, 0.1) is 6.54 Å². The van der Waals surface area contributed by atoms with Crippen LogP contribution >= 0.6 is 11.6 Å². The van der Waals surface area contributed by atoms with Gasteiger partial charge < -0.3 is 5.32 Å². The highest BCUT2D eigenvalue weighted by molar-refractivity contribution is 6.31. The minimum absolute atomic E-state index is 0.0749. The van der Waals surface area contributed by atoms with Crippen LogP contribution in [0.3, 0.4) is 0 Å². The first-order valence-corrected chi connectivity index (χ1v) is 7.48. The fourth-order valence-corrected chi connectivity index (χ4v) is 3.36. The van der Waals surface area contributed by atoms with Crippen LogP contribution in [0.2, 0.25) is 5.02 Å². The summed E-state index contributed by atoms with van der Waals surface area (Å²) >= 11 is 5.97. The Bertz CT molecular complexity index is 599. The van der Waals surface area contributed by atoms with Gasteiger partial charge in [0.1, 0.15) is 11.4 Å². The van der Waals surface area contributed by atoms with Crippen molar-refractivity contribution < 1.29 is 14.0 Å². The van der Waals surface area contributed by atoms with E-state index in [9.17, 15) is 14.0 Å². The van der Waals surface area contributed by atoms with Gasteiger partial charge in [0.15, 0.2) is 0 Å². The highest BCUT2D eigenvalue weighted by atomic mass is 35.5. The topological polar surface area (TPSA) is 49.4 Å². The molecule has 1 aliphatic carbocycles. The lowest BCUT2D eigenvalue weighted by molar-refractivity contribution is -0.132. The zero-order valence-corrected chi connectivity index (χ0v) is 12.3. The van der Waals surface area contributed by atoms with E-state index >= 15 is 0 Å². The van der Waals surface area contributed by atoms with E-state index in [1.807, 2.05) is 0 Å². The second-order valence-electron chi connectivity index (χ2n) is 5.70. The molecule has 0 bridgehead atoms. The van der Waals surface area contributed by atoms with Crippen LogP contribution in [-0.2, 0) is 11.3 Å². The molecule has 6 heteroatoms. The Morgan fingerprint density at radius 2 is 1.95 bits per heavy atom. The number of carbonyl (C=O) groups is 2. The first-order chi connectivity index (χ1) is 10.0. The second-order valence-corrected chi connectivity index (χ2v) is 6.11. The minimum atomic E-state index is -0.734. The van der Waals surface area contributed by atoms with Crippen molar-refractivity contribution in [1.82, 2.24) is 10.2 Å². The lowest BCUT2D eigenvalue weighted by atomic mass is 9.82. The average Bonchev–Trinajstić information content (AvgIpc) is 2.67. The zero-order chi connectivity index (χ0) is 15.0. The van der Waals surface area contributed by atoms with Crippen LogP contribution in [0.15, 0.2) is 18.2 Å². The molecule has 1 aromatic carbocycles. The van der Waals surface area contributed by atoms with Crippen molar-refractivity contribution in [3.05, 3.63) is 34.6 Å². The summed E-state index contributed by atoms with van der Waals surface area (Å²) in [6.45, 7) is 0.0749. The molecule has 0 radical (unpaired) electrons. The van der Waals surface area contributed by atoms with E-state index in [2.05, 4.69) is 5.32 Å². The smallest absolute Gasteiger partial charge is 0.323 e. The van der Waals surface area contributed by atoms with Gasteiger partial charge in [0.2, 0.25) is 0 Å². The third kappa shape index (κ3) is 2.50. The van der Waals surface area contributed by atoms with Crippen LogP contribution in [0.4, 0.5) is 9.18 Å². The molecular formula is C15H16ClFN2O2. The number of urea groups is 1. The summed E-state index contributed by atoms with van der Waals surface area (Å²) in [5.74, 6) is -0.628. The molecule has 0 unspecified atom stereocenters.